The predicted octanol–water partition coefficient (Wildman–Crippen LogP) is 4.80. The van der Waals surface area contributed by atoms with Crippen LogP contribution in [0.4, 0.5) is 5.13 Å². The fourth-order valence-corrected chi connectivity index (χ4v) is 3.22. The average molecular weight is 337 g/mol. The Morgan fingerprint density at radius 1 is 1.04 bits per heavy atom. The quantitative estimate of drug-likeness (QED) is 0.703. The summed E-state index contributed by atoms with van der Waals surface area (Å²) in [4.78, 5) is 12.7. The summed E-state index contributed by atoms with van der Waals surface area (Å²) < 4.78 is 0. The standard InChI is InChI=1S/C19H19N3OS/c1-2-3-13-17-21-22-19(24-17)20-18(23)16-12-8-7-11-15(16)14-9-5-4-6-10-14/h4-12H,2-3,13H2,1H3,(H,20,22,23). The van der Waals surface area contributed by atoms with Gasteiger partial charge in [0.05, 0.1) is 0 Å². The molecule has 0 saturated heterocycles. The molecule has 0 saturated carbocycles. The second-order valence-electron chi connectivity index (χ2n) is 5.47. The molecule has 0 atom stereocenters. The van der Waals surface area contributed by atoms with Gasteiger partial charge >= 0.3 is 0 Å². The summed E-state index contributed by atoms with van der Waals surface area (Å²) in [5, 5.41) is 12.6. The van der Waals surface area contributed by atoms with E-state index in [-0.39, 0.29) is 5.91 Å². The molecule has 5 heteroatoms. The van der Waals surface area contributed by atoms with Gasteiger partial charge in [0.15, 0.2) is 0 Å². The Hall–Kier alpha value is -2.53. The Labute approximate surface area is 145 Å². The highest BCUT2D eigenvalue weighted by molar-refractivity contribution is 7.15. The molecule has 1 N–H and O–H groups in total. The fraction of sp³-hybridized carbons (Fsp3) is 0.211. The Kier molecular flexibility index (Phi) is 5.33. The van der Waals surface area contributed by atoms with Crippen LogP contribution in [0.25, 0.3) is 11.1 Å². The Bertz CT molecular complexity index is 814. The lowest BCUT2D eigenvalue weighted by Crippen LogP contribution is -2.13. The molecule has 0 radical (unpaired) electrons. The second-order valence-corrected chi connectivity index (χ2v) is 6.53. The maximum absolute atomic E-state index is 12.7. The van der Waals surface area contributed by atoms with Gasteiger partial charge in [-0.1, -0.05) is 73.2 Å². The molecule has 0 spiro atoms. The Morgan fingerprint density at radius 2 is 1.79 bits per heavy atom. The number of carbonyl (C=O) groups is 1. The zero-order valence-corrected chi connectivity index (χ0v) is 14.3. The number of aromatic nitrogens is 2. The Balaban J connectivity index is 1.80. The summed E-state index contributed by atoms with van der Waals surface area (Å²) in [5.41, 5.74) is 2.56. The van der Waals surface area contributed by atoms with E-state index in [1.54, 1.807) is 0 Å². The number of hydrogen-bond donors (Lipinski definition) is 1. The lowest BCUT2D eigenvalue weighted by atomic mass is 9.99. The third kappa shape index (κ3) is 3.86. The van der Waals surface area contributed by atoms with Crippen LogP contribution in [-0.2, 0) is 6.42 Å². The molecule has 0 aliphatic carbocycles. The van der Waals surface area contributed by atoms with Gasteiger partial charge in [0.25, 0.3) is 5.91 Å². The molecular formula is C19H19N3OS. The van der Waals surface area contributed by atoms with Crippen molar-refractivity contribution in [2.45, 2.75) is 26.2 Å². The van der Waals surface area contributed by atoms with Gasteiger partial charge in [0.2, 0.25) is 5.13 Å². The molecule has 3 rings (SSSR count). The highest BCUT2D eigenvalue weighted by atomic mass is 32.1. The van der Waals surface area contributed by atoms with Crippen molar-refractivity contribution >= 4 is 22.4 Å². The molecular weight excluding hydrogens is 318 g/mol. The van der Waals surface area contributed by atoms with Crippen LogP contribution in [0.3, 0.4) is 0 Å². The van der Waals surface area contributed by atoms with Gasteiger partial charge in [-0.15, -0.1) is 10.2 Å². The molecule has 24 heavy (non-hydrogen) atoms. The number of amides is 1. The first-order valence-corrected chi connectivity index (χ1v) is 8.87. The second kappa shape index (κ2) is 7.84. The van der Waals surface area contributed by atoms with Crippen LogP contribution in [0.1, 0.15) is 35.1 Å². The van der Waals surface area contributed by atoms with Gasteiger partial charge < -0.3 is 0 Å². The molecule has 1 heterocycles. The van der Waals surface area contributed by atoms with Crippen LogP contribution >= 0.6 is 11.3 Å². The van der Waals surface area contributed by atoms with E-state index >= 15 is 0 Å². The molecule has 0 aliphatic rings. The highest BCUT2D eigenvalue weighted by Crippen LogP contribution is 2.25. The monoisotopic (exact) mass is 337 g/mol. The molecule has 0 fully saturated rings. The highest BCUT2D eigenvalue weighted by Gasteiger charge is 2.14. The third-order valence-corrected chi connectivity index (χ3v) is 4.59. The van der Waals surface area contributed by atoms with Crippen LogP contribution in [0.2, 0.25) is 0 Å². The van der Waals surface area contributed by atoms with Crippen molar-refractivity contribution in [3.05, 3.63) is 65.2 Å². The van der Waals surface area contributed by atoms with E-state index < -0.39 is 0 Å². The summed E-state index contributed by atoms with van der Waals surface area (Å²) in [7, 11) is 0. The van der Waals surface area contributed by atoms with Gasteiger partial charge in [0, 0.05) is 12.0 Å². The first-order chi connectivity index (χ1) is 11.8. The largest absolute Gasteiger partial charge is 0.296 e. The number of anilines is 1. The number of benzene rings is 2. The maximum atomic E-state index is 12.7. The molecule has 4 nitrogen and oxygen atoms in total. The first kappa shape index (κ1) is 16.3. The lowest BCUT2D eigenvalue weighted by Gasteiger charge is -2.08. The van der Waals surface area contributed by atoms with Crippen molar-refractivity contribution in [3.8, 4) is 11.1 Å². The Morgan fingerprint density at radius 3 is 2.58 bits per heavy atom. The number of unbranched alkanes of at least 4 members (excludes halogenated alkanes) is 1. The minimum atomic E-state index is -0.160. The summed E-state index contributed by atoms with van der Waals surface area (Å²) in [6, 6.07) is 17.5. The van der Waals surface area contributed by atoms with Crippen molar-refractivity contribution in [3.63, 3.8) is 0 Å². The topological polar surface area (TPSA) is 54.9 Å². The minimum absolute atomic E-state index is 0.160. The number of nitrogens with zero attached hydrogens (tertiary/aromatic N) is 2. The smallest absolute Gasteiger partial charge is 0.258 e. The van der Waals surface area contributed by atoms with E-state index in [9.17, 15) is 4.79 Å². The fourth-order valence-electron chi connectivity index (χ4n) is 2.45. The van der Waals surface area contributed by atoms with Crippen molar-refractivity contribution < 1.29 is 4.79 Å². The molecule has 0 bridgehead atoms. The number of aryl methyl sites for hydroxylation is 1. The average Bonchev–Trinajstić information content (AvgIpc) is 3.08. The van der Waals surface area contributed by atoms with Gasteiger partial charge in [-0.25, -0.2) is 0 Å². The molecule has 2 aromatic carbocycles. The molecule has 0 unspecified atom stereocenters. The number of carbonyl (C=O) groups excluding carboxylic acids is 1. The van der Waals surface area contributed by atoms with Gasteiger partial charge in [-0.05, 0) is 23.6 Å². The third-order valence-electron chi connectivity index (χ3n) is 3.69. The number of nitrogens with one attached hydrogen (secondary N) is 1. The molecule has 1 amide bonds. The minimum Gasteiger partial charge on any atom is -0.296 e. The maximum Gasteiger partial charge on any atom is 0.258 e. The zero-order valence-electron chi connectivity index (χ0n) is 13.5. The molecule has 3 aromatic rings. The van der Waals surface area contributed by atoms with E-state index in [0.29, 0.717) is 10.7 Å². The van der Waals surface area contributed by atoms with Crippen LogP contribution in [0.15, 0.2) is 54.6 Å². The van der Waals surface area contributed by atoms with Crippen molar-refractivity contribution in [1.29, 1.82) is 0 Å². The van der Waals surface area contributed by atoms with Crippen LogP contribution in [0.5, 0.6) is 0 Å². The SMILES string of the molecule is CCCCc1nnc(NC(=O)c2ccccc2-c2ccccc2)s1. The normalized spacial score (nSPS) is 10.5. The van der Waals surface area contributed by atoms with E-state index in [2.05, 4.69) is 22.4 Å². The molecule has 0 aliphatic heterocycles. The van der Waals surface area contributed by atoms with E-state index in [1.165, 1.54) is 11.3 Å². The summed E-state index contributed by atoms with van der Waals surface area (Å²) >= 11 is 1.44. The molecule has 122 valence electrons. The summed E-state index contributed by atoms with van der Waals surface area (Å²) in [6.07, 6.45) is 3.11. The number of rotatable bonds is 6. The lowest BCUT2D eigenvalue weighted by molar-refractivity contribution is 0.102. The van der Waals surface area contributed by atoms with Gasteiger partial charge in [-0.2, -0.15) is 0 Å². The predicted molar refractivity (Wildman–Crippen MR) is 98.4 cm³/mol. The number of hydrogen-bond acceptors (Lipinski definition) is 4. The van der Waals surface area contributed by atoms with Gasteiger partial charge in [-0.3, -0.25) is 10.1 Å². The summed E-state index contributed by atoms with van der Waals surface area (Å²) in [5.74, 6) is -0.160. The van der Waals surface area contributed by atoms with Crippen molar-refractivity contribution in [2.24, 2.45) is 0 Å². The van der Waals surface area contributed by atoms with E-state index in [4.69, 9.17) is 0 Å². The van der Waals surface area contributed by atoms with E-state index in [1.807, 2.05) is 54.6 Å². The first-order valence-electron chi connectivity index (χ1n) is 8.06. The molecule has 1 aromatic heterocycles. The summed E-state index contributed by atoms with van der Waals surface area (Å²) in [6.45, 7) is 2.14. The van der Waals surface area contributed by atoms with Crippen LogP contribution in [-0.4, -0.2) is 16.1 Å². The van der Waals surface area contributed by atoms with E-state index in [0.717, 1.165) is 35.4 Å². The van der Waals surface area contributed by atoms with Crippen molar-refractivity contribution in [1.82, 2.24) is 10.2 Å². The van der Waals surface area contributed by atoms with Crippen LogP contribution in [0, 0.1) is 0 Å². The van der Waals surface area contributed by atoms with Gasteiger partial charge in [0.1, 0.15) is 5.01 Å². The zero-order chi connectivity index (χ0) is 16.8. The van der Waals surface area contributed by atoms with Crippen molar-refractivity contribution in [2.75, 3.05) is 5.32 Å². The van der Waals surface area contributed by atoms with Crippen LogP contribution < -0.4 is 5.32 Å².